The molecule has 0 radical (unpaired) electrons. The molecule has 0 aliphatic carbocycles. The lowest BCUT2D eigenvalue weighted by Crippen LogP contribution is -2.10. The van der Waals surface area contributed by atoms with Crippen molar-refractivity contribution in [2.24, 2.45) is 0 Å². The van der Waals surface area contributed by atoms with Crippen molar-refractivity contribution in [3.05, 3.63) is 65.6 Å². The average molecular weight is 348 g/mol. The van der Waals surface area contributed by atoms with Gasteiger partial charge in [-0.1, -0.05) is 24.3 Å². The van der Waals surface area contributed by atoms with Crippen molar-refractivity contribution in [2.75, 3.05) is 0 Å². The number of fused-ring (bicyclic) bond motifs is 2. The number of carboxylic acids is 1. The van der Waals surface area contributed by atoms with Crippen LogP contribution in [0.4, 0.5) is 4.39 Å². The van der Waals surface area contributed by atoms with E-state index in [1.807, 2.05) is 43.3 Å². The summed E-state index contributed by atoms with van der Waals surface area (Å²) in [6.45, 7) is 3.39. The third-order valence-corrected chi connectivity index (χ3v) is 4.83. The predicted molar refractivity (Wildman–Crippen MR) is 99.7 cm³/mol. The van der Waals surface area contributed by atoms with Crippen molar-refractivity contribution in [3.8, 4) is 11.3 Å². The van der Waals surface area contributed by atoms with Gasteiger partial charge in [0.1, 0.15) is 12.4 Å². The quantitative estimate of drug-likeness (QED) is 0.584. The molecule has 0 atom stereocenters. The van der Waals surface area contributed by atoms with Crippen LogP contribution in [0.25, 0.3) is 33.1 Å². The van der Waals surface area contributed by atoms with E-state index in [1.54, 1.807) is 17.6 Å². The van der Waals surface area contributed by atoms with Gasteiger partial charge in [0.05, 0.1) is 11.2 Å². The maximum Gasteiger partial charge on any atom is 0.323 e. The van der Waals surface area contributed by atoms with Crippen LogP contribution in [-0.2, 0) is 11.3 Å². The van der Waals surface area contributed by atoms with Gasteiger partial charge in [-0.25, -0.2) is 9.37 Å². The van der Waals surface area contributed by atoms with Gasteiger partial charge in [-0.2, -0.15) is 0 Å². The fourth-order valence-corrected chi connectivity index (χ4v) is 3.57. The molecule has 4 aromatic rings. The SMILES string of the molecule is Cc1c(F)ccc2c1c(-c1ccc3ccccc3n1)c(C)n2CC(=O)O. The number of aliphatic carboxylic acids is 1. The predicted octanol–water partition coefficient (Wildman–Crippen LogP) is 4.70. The van der Waals surface area contributed by atoms with E-state index in [0.717, 1.165) is 22.2 Å². The molecule has 0 fully saturated rings. The Bertz CT molecular complexity index is 1180. The lowest BCUT2D eigenvalue weighted by molar-refractivity contribution is -0.137. The Kier molecular flexibility index (Phi) is 3.72. The van der Waals surface area contributed by atoms with Crippen molar-refractivity contribution in [2.45, 2.75) is 20.4 Å². The van der Waals surface area contributed by atoms with E-state index in [1.165, 1.54) is 6.07 Å². The molecule has 0 bridgehead atoms. The number of pyridine rings is 1. The monoisotopic (exact) mass is 348 g/mol. The molecule has 2 aromatic carbocycles. The van der Waals surface area contributed by atoms with Crippen molar-refractivity contribution >= 4 is 27.8 Å². The van der Waals surface area contributed by atoms with E-state index in [-0.39, 0.29) is 12.4 Å². The summed E-state index contributed by atoms with van der Waals surface area (Å²) in [6.07, 6.45) is 0. The van der Waals surface area contributed by atoms with Gasteiger partial charge >= 0.3 is 5.97 Å². The minimum absolute atomic E-state index is 0.180. The van der Waals surface area contributed by atoms with Crippen molar-refractivity contribution in [3.63, 3.8) is 0 Å². The van der Waals surface area contributed by atoms with Gasteiger partial charge in [0.2, 0.25) is 0 Å². The number of halogens is 1. The van der Waals surface area contributed by atoms with Crippen molar-refractivity contribution < 1.29 is 14.3 Å². The fraction of sp³-hybridized carbons (Fsp3) is 0.143. The number of benzene rings is 2. The maximum absolute atomic E-state index is 14.3. The van der Waals surface area contributed by atoms with Crippen LogP contribution in [0.2, 0.25) is 0 Å². The highest BCUT2D eigenvalue weighted by Crippen LogP contribution is 2.37. The first-order chi connectivity index (χ1) is 12.5. The minimum atomic E-state index is -0.940. The zero-order chi connectivity index (χ0) is 18.4. The molecular weight excluding hydrogens is 331 g/mol. The van der Waals surface area contributed by atoms with Crippen LogP contribution in [0.15, 0.2) is 48.5 Å². The van der Waals surface area contributed by atoms with E-state index >= 15 is 0 Å². The van der Waals surface area contributed by atoms with Crippen LogP contribution < -0.4 is 0 Å². The molecule has 2 heterocycles. The largest absolute Gasteiger partial charge is 0.480 e. The number of hydrogen-bond donors (Lipinski definition) is 1. The number of hydrogen-bond acceptors (Lipinski definition) is 2. The zero-order valence-corrected chi connectivity index (χ0v) is 14.5. The summed E-state index contributed by atoms with van der Waals surface area (Å²) >= 11 is 0. The minimum Gasteiger partial charge on any atom is -0.480 e. The van der Waals surface area contributed by atoms with E-state index in [2.05, 4.69) is 0 Å². The summed E-state index contributed by atoms with van der Waals surface area (Å²) < 4.78 is 16.0. The molecule has 0 aliphatic rings. The molecule has 4 nitrogen and oxygen atoms in total. The normalized spacial score (nSPS) is 11.3. The fourth-order valence-electron chi connectivity index (χ4n) is 3.57. The van der Waals surface area contributed by atoms with Gasteiger partial charge in [-0.3, -0.25) is 4.79 Å². The molecule has 5 heteroatoms. The van der Waals surface area contributed by atoms with Gasteiger partial charge in [0, 0.05) is 27.5 Å². The number of aromatic nitrogens is 2. The number of carboxylic acid groups (broad SMARTS) is 1. The number of nitrogens with zero attached hydrogens (tertiary/aromatic N) is 2. The highest BCUT2D eigenvalue weighted by atomic mass is 19.1. The zero-order valence-electron chi connectivity index (χ0n) is 14.5. The lowest BCUT2D eigenvalue weighted by Gasteiger charge is -2.06. The first-order valence-corrected chi connectivity index (χ1v) is 8.33. The molecule has 0 amide bonds. The van der Waals surface area contributed by atoms with E-state index in [9.17, 15) is 14.3 Å². The molecule has 26 heavy (non-hydrogen) atoms. The third-order valence-electron chi connectivity index (χ3n) is 4.83. The van der Waals surface area contributed by atoms with Crippen molar-refractivity contribution in [1.82, 2.24) is 9.55 Å². The van der Waals surface area contributed by atoms with Gasteiger partial charge in [0.15, 0.2) is 0 Å². The summed E-state index contributed by atoms with van der Waals surface area (Å²) in [5, 5.41) is 11.0. The van der Waals surface area contributed by atoms with Gasteiger partial charge in [-0.15, -0.1) is 0 Å². The second kappa shape index (κ2) is 5.95. The van der Waals surface area contributed by atoms with Gasteiger partial charge < -0.3 is 9.67 Å². The molecule has 0 saturated heterocycles. The highest BCUT2D eigenvalue weighted by molar-refractivity contribution is 6.01. The molecule has 4 rings (SSSR count). The van der Waals surface area contributed by atoms with Crippen molar-refractivity contribution in [1.29, 1.82) is 0 Å². The van der Waals surface area contributed by atoms with Crippen LogP contribution in [0.5, 0.6) is 0 Å². The Hall–Kier alpha value is -3.21. The second-order valence-corrected chi connectivity index (χ2v) is 6.40. The molecule has 130 valence electrons. The molecule has 0 saturated carbocycles. The van der Waals surface area contributed by atoms with Crippen LogP contribution in [0, 0.1) is 19.7 Å². The molecule has 2 aromatic heterocycles. The average Bonchev–Trinajstić information content (AvgIpc) is 2.90. The van der Waals surface area contributed by atoms with Crippen LogP contribution >= 0.6 is 0 Å². The molecular formula is C21H17FN2O2. The first kappa shape index (κ1) is 16.3. The highest BCUT2D eigenvalue weighted by Gasteiger charge is 2.21. The first-order valence-electron chi connectivity index (χ1n) is 8.33. The Labute approximate surface area is 149 Å². The Morgan fingerprint density at radius 1 is 1.12 bits per heavy atom. The number of aryl methyl sites for hydroxylation is 1. The maximum atomic E-state index is 14.3. The topological polar surface area (TPSA) is 55.1 Å². The molecule has 0 unspecified atom stereocenters. The van der Waals surface area contributed by atoms with Gasteiger partial charge in [0.25, 0.3) is 0 Å². The molecule has 0 aliphatic heterocycles. The van der Waals surface area contributed by atoms with E-state index in [4.69, 9.17) is 4.98 Å². The molecule has 1 N–H and O–H groups in total. The number of para-hydroxylation sites is 1. The summed E-state index contributed by atoms with van der Waals surface area (Å²) in [4.78, 5) is 16.1. The summed E-state index contributed by atoms with van der Waals surface area (Å²) in [5.74, 6) is -1.25. The summed E-state index contributed by atoms with van der Waals surface area (Å²) in [7, 11) is 0. The van der Waals surface area contributed by atoms with Gasteiger partial charge in [-0.05, 0) is 43.7 Å². The standard InChI is InChI=1S/C21H17FN2O2/c1-12-15(22)8-10-18-20(12)21(13(2)24(18)11-19(25)26)17-9-7-14-5-3-4-6-16(14)23-17/h3-10H,11H2,1-2H3,(H,25,26). The second-order valence-electron chi connectivity index (χ2n) is 6.40. The van der Waals surface area contributed by atoms with Crippen LogP contribution in [-0.4, -0.2) is 20.6 Å². The number of carbonyl (C=O) groups is 1. The third kappa shape index (κ3) is 2.44. The van der Waals surface area contributed by atoms with Crippen LogP contribution in [0.3, 0.4) is 0 Å². The Morgan fingerprint density at radius 2 is 1.88 bits per heavy atom. The van der Waals surface area contributed by atoms with E-state index in [0.29, 0.717) is 22.2 Å². The lowest BCUT2D eigenvalue weighted by atomic mass is 10.0. The summed E-state index contributed by atoms with van der Waals surface area (Å²) in [5.41, 5.74) is 4.30. The Balaban J connectivity index is 2.08. The van der Waals surface area contributed by atoms with Crippen LogP contribution in [0.1, 0.15) is 11.3 Å². The summed E-state index contributed by atoms with van der Waals surface area (Å²) in [6, 6.07) is 14.7. The molecule has 0 spiro atoms. The number of rotatable bonds is 3. The Morgan fingerprint density at radius 3 is 2.65 bits per heavy atom. The van der Waals surface area contributed by atoms with E-state index < -0.39 is 5.97 Å². The smallest absolute Gasteiger partial charge is 0.323 e.